The summed E-state index contributed by atoms with van der Waals surface area (Å²) in [6.07, 6.45) is 5.83. The van der Waals surface area contributed by atoms with Gasteiger partial charge in [0.2, 0.25) is 0 Å². The Kier molecular flexibility index (Phi) is 8.54. The van der Waals surface area contributed by atoms with Gasteiger partial charge in [0.1, 0.15) is 17.3 Å². The third kappa shape index (κ3) is 6.83. The van der Waals surface area contributed by atoms with E-state index in [1.165, 1.54) is 0 Å². The molecule has 232 valence electrons. The van der Waals surface area contributed by atoms with Crippen LogP contribution >= 0.6 is 0 Å². The summed E-state index contributed by atoms with van der Waals surface area (Å²) < 4.78 is 13.2. The van der Waals surface area contributed by atoms with Gasteiger partial charge < -0.3 is 19.7 Å². The van der Waals surface area contributed by atoms with Crippen molar-refractivity contribution in [3.8, 4) is 11.3 Å². The fraction of sp³-hybridized carbons (Fsp3) is 0.333. The number of morpholine rings is 1. The molecule has 0 aliphatic carbocycles. The van der Waals surface area contributed by atoms with Crippen molar-refractivity contribution in [1.82, 2.24) is 19.6 Å². The minimum Gasteiger partial charge on any atom is -0.458 e. The lowest BCUT2D eigenvalue weighted by molar-refractivity contribution is -0.156. The molecule has 1 fully saturated rings. The van der Waals surface area contributed by atoms with Crippen LogP contribution in [0.15, 0.2) is 72.9 Å². The van der Waals surface area contributed by atoms with Crippen LogP contribution in [0, 0.1) is 5.92 Å². The van der Waals surface area contributed by atoms with Gasteiger partial charge in [-0.25, -0.2) is 19.3 Å². The largest absolute Gasteiger partial charge is 0.458 e. The van der Waals surface area contributed by atoms with Gasteiger partial charge in [-0.15, -0.1) is 0 Å². The zero-order valence-corrected chi connectivity index (χ0v) is 26.5. The molecule has 9 heteroatoms. The molecule has 0 amide bonds. The van der Waals surface area contributed by atoms with E-state index >= 15 is 0 Å². The number of ether oxygens (including phenoxy) is 2. The van der Waals surface area contributed by atoms with Gasteiger partial charge in [0.05, 0.1) is 42.0 Å². The lowest BCUT2D eigenvalue weighted by atomic mass is 10.0. The summed E-state index contributed by atoms with van der Waals surface area (Å²) in [6.45, 7) is 12.6. The van der Waals surface area contributed by atoms with Crippen LogP contribution in [0.3, 0.4) is 0 Å². The number of nitrogens with one attached hydrogen (secondary N) is 1. The number of esters is 1. The molecular formula is C36H40N6O3. The lowest BCUT2D eigenvalue weighted by Gasteiger charge is -2.28. The van der Waals surface area contributed by atoms with Crippen molar-refractivity contribution in [2.75, 3.05) is 36.5 Å². The van der Waals surface area contributed by atoms with Crippen LogP contribution in [0.5, 0.6) is 0 Å². The van der Waals surface area contributed by atoms with Crippen molar-refractivity contribution in [1.29, 1.82) is 0 Å². The second-order valence-corrected chi connectivity index (χ2v) is 12.6. The predicted molar refractivity (Wildman–Crippen MR) is 180 cm³/mol. The quantitative estimate of drug-likeness (QED) is 0.195. The average Bonchev–Trinajstić information content (AvgIpc) is 3.41. The first-order valence-electron chi connectivity index (χ1n) is 15.5. The predicted octanol–water partition coefficient (Wildman–Crippen LogP) is 6.73. The summed E-state index contributed by atoms with van der Waals surface area (Å²) in [6, 6.07) is 21.8. The zero-order valence-electron chi connectivity index (χ0n) is 26.5. The summed E-state index contributed by atoms with van der Waals surface area (Å²) in [4.78, 5) is 25.2. The molecule has 0 saturated carbocycles. The number of nitrogens with zero attached hydrogens (tertiary/aromatic N) is 5. The Hall–Kier alpha value is -4.76. The molecule has 1 aliphatic rings. The fourth-order valence-electron chi connectivity index (χ4n) is 5.50. The maximum atomic E-state index is 12.9. The van der Waals surface area contributed by atoms with Crippen molar-refractivity contribution < 1.29 is 14.3 Å². The number of hydrogen-bond donors (Lipinski definition) is 1. The minimum atomic E-state index is -0.557. The molecule has 45 heavy (non-hydrogen) atoms. The number of pyridine rings is 1. The van der Waals surface area contributed by atoms with Crippen LogP contribution in [0.2, 0.25) is 0 Å². The topological polar surface area (TPSA) is 93.9 Å². The molecule has 1 saturated heterocycles. The Morgan fingerprint density at radius 3 is 2.44 bits per heavy atom. The highest BCUT2D eigenvalue weighted by Crippen LogP contribution is 2.32. The molecule has 2 aromatic carbocycles. The van der Waals surface area contributed by atoms with E-state index in [0.29, 0.717) is 13.2 Å². The van der Waals surface area contributed by atoms with Crippen LogP contribution < -0.4 is 10.2 Å². The standard InChI is InChI=1S/C36H40N6O3/c1-24(2)32(35(43)45-36(3,4)5)39-28-14-11-26(12-15-28)33-30(17-16-27-13-10-25-8-6-7-9-29(25)38-27)40-34-31(18-19-37-42(33)34)41-20-22-44-23-21-41/h6-19,24,32,39H,20-23H2,1-5H3/b17-16+/t32-/m0/s1. The van der Waals surface area contributed by atoms with Gasteiger partial charge in [-0.3, -0.25) is 0 Å². The number of aromatic nitrogens is 4. The van der Waals surface area contributed by atoms with Crippen molar-refractivity contribution in [2.24, 2.45) is 5.92 Å². The van der Waals surface area contributed by atoms with Crippen molar-refractivity contribution in [2.45, 2.75) is 46.3 Å². The highest BCUT2D eigenvalue weighted by atomic mass is 16.6. The summed E-state index contributed by atoms with van der Waals surface area (Å²) in [7, 11) is 0. The van der Waals surface area contributed by atoms with E-state index in [2.05, 4.69) is 22.3 Å². The van der Waals surface area contributed by atoms with Crippen LogP contribution in [0.25, 0.3) is 40.0 Å². The summed E-state index contributed by atoms with van der Waals surface area (Å²) >= 11 is 0. The number of carbonyl (C=O) groups excluding carboxylic acids is 1. The summed E-state index contributed by atoms with van der Waals surface area (Å²) in [5.41, 5.74) is 6.48. The van der Waals surface area contributed by atoms with Gasteiger partial charge in [0.25, 0.3) is 0 Å². The number of benzene rings is 2. The molecule has 5 aromatic rings. The van der Waals surface area contributed by atoms with Crippen LogP contribution in [-0.2, 0) is 14.3 Å². The van der Waals surface area contributed by atoms with Gasteiger partial charge in [-0.2, -0.15) is 5.10 Å². The molecule has 6 rings (SSSR count). The number of imidazole rings is 1. The van der Waals surface area contributed by atoms with Gasteiger partial charge in [-0.1, -0.05) is 50.2 Å². The second kappa shape index (κ2) is 12.7. The van der Waals surface area contributed by atoms with Crippen LogP contribution in [0.1, 0.15) is 46.0 Å². The van der Waals surface area contributed by atoms with E-state index < -0.39 is 11.6 Å². The van der Waals surface area contributed by atoms with Crippen molar-refractivity contribution in [3.05, 3.63) is 84.3 Å². The Bertz CT molecular complexity index is 1830. The SMILES string of the molecule is CC(C)[C@H](Nc1ccc(-c2c(/C=C/c3ccc4ccccc4n3)nc3c(N4CCOCC4)ccnn23)cc1)C(=O)OC(C)(C)C. The molecule has 1 N–H and O–H groups in total. The number of hydrogen-bond acceptors (Lipinski definition) is 8. The minimum absolute atomic E-state index is 0.0431. The molecule has 9 nitrogen and oxygen atoms in total. The van der Waals surface area contributed by atoms with Crippen molar-refractivity contribution in [3.63, 3.8) is 0 Å². The number of carbonyl (C=O) groups is 1. The van der Waals surface area contributed by atoms with E-state index in [-0.39, 0.29) is 11.9 Å². The number of anilines is 2. The van der Waals surface area contributed by atoms with Gasteiger partial charge in [0, 0.05) is 29.7 Å². The Balaban J connectivity index is 1.37. The Morgan fingerprint density at radius 1 is 0.956 bits per heavy atom. The molecule has 4 heterocycles. The molecule has 1 aliphatic heterocycles. The summed E-state index contributed by atoms with van der Waals surface area (Å²) in [5.74, 6) is -0.223. The molecule has 3 aromatic heterocycles. The number of para-hydroxylation sites is 1. The molecule has 0 radical (unpaired) electrons. The van der Waals surface area contributed by atoms with Crippen LogP contribution in [0.4, 0.5) is 11.4 Å². The van der Waals surface area contributed by atoms with Gasteiger partial charge in [0.15, 0.2) is 5.65 Å². The fourth-order valence-corrected chi connectivity index (χ4v) is 5.50. The monoisotopic (exact) mass is 604 g/mol. The Morgan fingerprint density at radius 2 is 1.71 bits per heavy atom. The van der Waals surface area contributed by atoms with Gasteiger partial charge in [-0.05, 0) is 69.2 Å². The molecule has 0 unspecified atom stereocenters. The molecule has 0 spiro atoms. The van der Waals surface area contributed by atoms with E-state index in [1.54, 1.807) is 0 Å². The third-order valence-corrected chi connectivity index (χ3v) is 7.72. The smallest absolute Gasteiger partial charge is 0.329 e. The lowest BCUT2D eigenvalue weighted by Crippen LogP contribution is -2.39. The highest BCUT2D eigenvalue weighted by molar-refractivity contribution is 5.85. The number of rotatable bonds is 8. The van der Waals surface area contributed by atoms with E-state index in [4.69, 9.17) is 24.5 Å². The van der Waals surface area contributed by atoms with E-state index in [1.807, 2.05) is 112 Å². The first-order chi connectivity index (χ1) is 21.7. The number of fused-ring (bicyclic) bond motifs is 2. The second-order valence-electron chi connectivity index (χ2n) is 12.6. The van der Waals surface area contributed by atoms with Crippen LogP contribution in [-0.4, -0.2) is 63.5 Å². The first kappa shape index (κ1) is 30.3. The van der Waals surface area contributed by atoms with Gasteiger partial charge >= 0.3 is 5.97 Å². The van der Waals surface area contributed by atoms with E-state index in [9.17, 15) is 4.79 Å². The first-order valence-corrected chi connectivity index (χ1v) is 15.5. The summed E-state index contributed by atoms with van der Waals surface area (Å²) in [5, 5.41) is 9.24. The highest BCUT2D eigenvalue weighted by Gasteiger charge is 2.28. The third-order valence-electron chi connectivity index (χ3n) is 7.72. The Labute approximate surface area is 263 Å². The maximum absolute atomic E-state index is 12.9. The molecule has 1 atom stereocenters. The molecular weight excluding hydrogens is 564 g/mol. The maximum Gasteiger partial charge on any atom is 0.329 e. The van der Waals surface area contributed by atoms with E-state index in [0.717, 1.165) is 63.7 Å². The zero-order chi connectivity index (χ0) is 31.6. The normalized spacial score (nSPS) is 14.8. The van der Waals surface area contributed by atoms with Crippen molar-refractivity contribution >= 4 is 46.0 Å². The molecule has 0 bridgehead atoms. The average molecular weight is 605 g/mol.